The van der Waals surface area contributed by atoms with Gasteiger partial charge in [-0.3, -0.25) is 0 Å². The van der Waals surface area contributed by atoms with Crippen LogP contribution in [0.25, 0.3) is 16.4 Å². The topological polar surface area (TPSA) is 17.3 Å². The molecule has 0 unspecified atom stereocenters. The summed E-state index contributed by atoms with van der Waals surface area (Å²) in [4.78, 5) is 4.42. The van der Waals surface area contributed by atoms with Crippen LogP contribution >= 0.6 is 15.9 Å². The molecule has 0 spiro atoms. The fraction of sp³-hybridized carbons (Fsp3) is 0. The van der Waals surface area contributed by atoms with Crippen molar-refractivity contribution in [3.05, 3.63) is 47.3 Å². The molecule has 2 aromatic heterocycles. The summed E-state index contributed by atoms with van der Waals surface area (Å²) in [5, 5.41) is 2.40. The molecule has 0 aliphatic heterocycles. The molecule has 3 aromatic rings. The van der Waals surface area contributed by atoms with Gasteiger partial charge in [0.25, 0.3) is 0 Å². The second kappa shape index (κ2) is 82.3. The molecule has 0 atom stereocenters. The maximum Gasteiger partial charge on any atom is 0.145 e. The standard InChI is InChI=1S/C11H7BrN2.S71/c12-10-7-14-6-5-8-3-1-2-4-9(8)11(14)13-10;1-3-5-7-9-11-13-15-17-19-21-23-25-27-29-31-33-35-37-39-41-43-45-47-49-51-53-55-57-59-61-63-65-67-69-71-70-68-66-64-62-60-58-56-54-52-50-48-46-44-42-40-38-36-34-32-30-28-26-24-22-20-18-16-14-12-10-8-6-4-2/h1-7H;. The minimum absolute atomic E-state index is 0.869. The number of hydrogen-bond donors (Lipinski definition) is 0. The third-order valence-corrected chi connectivity index (χ3v) is 156. The monoisotopic (exact) mass is 2520 g/mol. The Balaban J connectivity index is 0.00000150. The Hall–Kier alpha value is 14.3. The van der Waals surface area contributed by atoms with Crippen LogP contribution in [0, 0.1) is 0 Å². The number of pyridine rings is 1. The van der Waals surface area contributed by atoms with E-state index in [0.717, 1.165) is 10.3 Å². The van der Waals surface area contributed by atoms with Gasteiger partial charge in [-0.25, -0.2) is 4.98 Å². The summed E-state index contributed by atoms with van der Waals surface area (Å²) in [5.74, 6) is 0. The number of fused-ring (bicyclic) bond motifs is 3. The van der Waals surface area contributed by atoms with E-state index in [9.17, 15) is 0 Å². The summed E-state index contributed by atoms with van der Waals surface area (Å²) < 4.78 is 2.89. The van der Waals surface area contributed by atoms with E-state index in [4.69, 9.17) is 22.4 Å². The Labute approximate surface area is 703 Å². The van der Waals surface area contributed by atoms with Gasteiger partial charge in [0.05, 0.1) is 0 Å². The van der Waals surface area contributed by atoms with Gasteiger partial charge in [-0.1, -0.05) is 24.3 Å². The zero-order valence-electron chi connectivity index (χ0n) is 36.3. The third kappa shape index (κ3) is 69.7. The van der Waals surface area contributed by atoms with Crippen LogP contribution in [0.1, 0.15) is 0 Å². The highest BCUT2D eigenvalue weighted by molar-refractivity contribution is 9.10. The second-order valence-electron chi connectivity index (χ2n) is 7.89. The zero-order chi connectivity index (χ0) is 60.3. The van der Waals surface area contributed by atoms with Crippen molar-refractivity contribution in [3.8, 4) is 0 Å². The molecule has 74 heteroatoms. The molecule has 0 bridgehead atoms. The van der Waals surface area contributed by atoms with Crippen LogP contribution in [0.2, 0.25) is 0 Å². The smallest absolute Gasteiger partial charge is 0.145 e. The lowest BCUT2D eigenvalue weighted by atomic mass is 10.2. The molecule has 0 saturated carbocycles. The largest absolute Gasteiger partial charge is 0.305 e. The Morgan fingerprint density at radius 3 is 0.612 bits per heavy atom. The van der Waals surface area contributed by atoms with E-state index in [1.165, 1.54) is 28.5 Å². The first kappa shape index (κ1) is 95.3. The van der Waals surface area contributed by atoms with Gasteiger partial charge in [0.15, 0.2) is 0 Å². The summed E-state index contributed by atoms with van der Waals surface area (Å²) in [5.41, 5.74) is 0.995. The minimum Gasteiger partial charge on any atom is -0.305 e. The van der Waals surface area contributed by atoms with Gasteiger partial charge in [-0.15, -0.1) is 0 Å². The highest BCUT2D eigenvalue weighted by atomic mass is 79.9. The molecule has 1 aromatic carbocycles. The fourth-order valence-corrected chi connectivity index (χ4v) is 187. The molecule has 2 nitrogen and oxygen atoms in total. The fourth-order valence-electron chi connectivity index (χ4n) is 2.44. The number of aromatic nitrogens is 2. The predicted octanol–water partition coefficient (Wildman–Crippen LogP) is 3.08. The van der Waals surface area contributed by atoms with Crippen molar-refractivity contribution in [3.63, 3.8) is 0 Å². The zero-order valence-corrected chi connectivity index (χ0v) is 95.9. The summed E-state index contributed by atoms with van der Waals surface area (Å²) in [6, 6.07) is 10.3. The van der Waals surface area contributed by atoms with Crippen molar-refractivity contribution in [1.29, 1.82) is 0 Å². The van der Waals surface area contributed by atoms with Gasteiger partial charge < -0.3 is 4.40 Å². The number of halogens is 1. The lowest BCUT2D eigenvalue weighted by Crippen LogP contribution is -1.83. The van der Waals surface area contributed by atoms with E-state index in [1.54, 1.807) is 107 Å². The molecule has 85 heavy (non-hydrogen) atoms. The van der Waals surface area contributed by atoms with Crippen molar-refractivity contribution in [2.24, 2.45) is 0 Å². The summed E-state index contributed by atoms with van der Waals surface area (Å²) >= 11 is 13.0. The first-order chi connectivity index (χ1) is 42.3. The predicted molar refractivity (Wildman–Crippen MR) is 583 cm³/mol. The highest BCUT2D eigenvalue weighted by Gasteiger charge is 2.02. The van der Waals surface area contributed by atoms with Crippen molar-refractivity contribution in [2.45, 2.75) is 0 Å². The number of rotatable bonds is 0. The average Bonchev–Trinajstić information content (AvgIpc) is 2.86. The number of imidazole rings is 1. The molecule has 0 radical (unpaired) electrons. The molecule has 0 aliphatic rings. The SMILES string of the molecule is Brc1cn2ccc3ccccc3c2n1.S=S=S=S=S=S=S=S=S=S=S=S=S=S=S=S=S=S=S=S=S=S=S=S=S=S=S=S=S=S=S=S=S=S=S=S=S=S=S=S=S=S=S=S=S=S=S=S=S=S=S=S=S=S=S=S=S=S=S=S=S=S=S=S=S=S=S=S=S=S=S. The second-order valence-corrected chi connectivity index (χ2v) is 131. The Bertz CT molecular complexity index is 6080. The van der Waals surface area contributed by atoms with E-state index in [2.05, 4.69) is 39.1 Å². The van der Waals surface area contributed by atoms with Gasteiger partial charge in [-0.2, -0.15) is 0 Å². The molecule has 0 aliphatic carbocycles. The van der Waals surface area contributed by atoms with Gasteiger partial charge >= 0.3 is 0 Å². The van der Waals surface area contributed by atoms with E-state index in [1.807, 2.05) is 517 Å². The van der Waals surface area contributed by atoms with E-state index in [-0.39, 0.29) is 0 Å². The van der Waals surface area contributed by atoms with Crippen LogP contribution in [0.3, 0.4) is 0 Å². The van der Waals surface area contributed by atoms with Crippen molar-refractivity contribution in [1.82, 2.24) is 9.38 Å². The van der Waals surface area contributed by atoms with Gasteiger partial charge in [0.2, 0.25) is 0 Å². The lowest BCUT2D eigenvalue weighted by Gasteiger charge is -1.98. The Kier molecular flexibility index (Phi) is 92.4. The maximum absolute atomic E-state index is 4.82. The third-order valence-electron chi connectivity index (χ3n) is 4.21. The van der Waals surface area contributed by atoms with Gasteiger partial charge in [0.1, 0.15) is 10.3 Å². The first-order valence-corrected chi connectivity index (χ1v) is 110. The molecular weight excluding hydrogens is 2520 g/mol. The maximum atomic E-state index is 4.82. The van der Waals surface area contributed by atoms with E-state index < -0.39 is 0 Å². The van der Waals surface area contributed by atoms with E-state index in [0.29, 0.717) is 0 Å². The summed E-state index contributed by atoms with van der Waals surface area (Å²) in [6.07, 6.45) is 3.98. The van der Waals surface area contributed by atoms with Gasteiger partial charge in [0, 0.05) is 653 Å². The number of nitrogens with zero attached hydrogens (tertiary/aromatic N) is 2. The quantitative estimate of drug-likeness (QED) is 0.345. The Morgan fingerprint density at radius 1 is 0.247 bits per heavy atom. The molecule has 0 saturated heterocycles. The van der Waals surface area contributed by atoms with Crippen molar-refractivity contribution < 1.29 is 0 Å². The molecule has 2 heterocycles. The lowest BCUT2D eigenvalue weighted by molar-refractivity contribution is 1.20. The van der Waals surface area contributed by atoms with Crippen LogP contribution in [-0.2, 0) is 635 Å². The molecular formula is C11H7BrN2S71. The average molecular weight is 2520 g/mol. The van der Waals surface area contributed by atoms with Crippen molar-refractivity contribution >= 4 is 667 Å². The number of hydrogen-bond acceptors (Lipinski definition) is 3. The summed E-state index contributed by atoms with van der Waals surface area (Å²) in [6.45, 7) is 0. The Morgan fingerprint density at radius 2 is 0.424 bits per heavy atom. The molecule has 0 N–H and O–H groups in total. The van der Waals surface area contributed by atoms with Crippen LogP contribution in [0.15, 0.2) is 47.3 Å². The molecule has 494 valence electrons. The highest BCUT2D eigenvalue weighted by Crippen LogP contribution is 2.20. The van der Waals surface area contributed by atoms with E-state index >= 15 is 0 Å². The number of benzene rings is 1. The normalized spacial score (nSPS) is 8.39. The molecule has 0 fully saturated rings. The summed E-state index contributed by atoms with van der Waals surface area (Å²) in [7, 11) is 124. The molecule has 3 rings (SSSR count). The van der Waals surface area contributed by atoms with Gasteiger partial charge in [-0.05, 0) is 27.4 Å². The van der Waals surface area contributed by atoms with Crippen LogP contribution < -0.4 is 0 Å². The molecule has 0 amide bonds. The first-order valence-electron chi connectivity index (χ1n) is 16.0. The van der Waals surface area contributed by atoms with Crippen LogP contribution in [-0.4, -0.2) is 9.38 Å². The van der Waals surface area contributed by atoms with Crippen molar-refractivity contribution in [2.75, 3.05) is 0 Å². The minimum atomic E-state index is 0.869. The van der Waals surface area contributed by atoms with Crippen LogP contribution in [0.5, 0.6) is 0 Å². The van der Waals surface area contributed by atoms with Crippen LogP contribution in [0.4, 0.5) is 0 Å².